The number of rotatable bonds is 2. The van der Waals surface area contributed by atoms with E-state index in [4.69, 9.17) is 22.1 Å². The van der Waals surface area contributed by atoms with Crippen molar-refractivity contribution in [3.63, 3.8) is 0 Å². The molecule has 0 aromatic carbocycles. The molecule has 2 aliphatic heterocycles. The lowest BCUT2D eigenvalue weighted by molar-refractivity contribution is -0.117. The Morgan fingerprint density at radius 1 is 1.33 bits per heavy atom. The van der Waals surface area contributed by atoms with E-state index >= 15 is 0 Å². The molecule has 0 spiro atoms. The van der Waals surface area contributed by atoms with E-state index in [9.17, 15) is 4.79 Å². The topological polar surface area (TPSA) is 81.3 Å². The minimum absolute atomic E-state index is 0.0169. The van der Waals surface area contributed by atoms with Crippen LogP contribution < -0.4 is 10.6 Å². The predicted octanol–water partition coefficient (Wildman–Crippen LogP) is 2.05. The maximum atomic E-state index is 12.1. The molecule has 0 bridgehead atoms. The molecule has 1 amide bonds. The Kier molecular flexibility index (Phi) is 5.36. The number of carbonyl (C=O) groups excluding carboxylic acids is 1. The standard InChI is InChI=1S/C12H15ClN4O2.C2H6/c13-10-8-5-9(18)17(11(8)16-12(14)15-10)6-7-1-3-19-4-2-7;1-2/h7H,1-6H2,(H2,14,15,16);1-2H3. The lowest BCUT2D eigenvalue weighted by Gasteiger charge is -2.26. The van der Waals surface area contributed by atoms with Gasteiger partial charge in [0.05, 0.1) is 6.42 Å². The van der Waals surface area contributed by atoms with E-state index in [1.807, 2.05) is 13.8 Å². The Morgan fingerprint density at radius 2 is 2.00 bits per heavy atom. The summed E-state index contributed by atoms with van der Waals surface area (Å²) < 4.78 is 5.33. The molecule has 2 aliphatic rings. The van der Waals surface area contributed by atoms with E-state index < -0.39 is 0 Å². The fraction of sp³-hybridized carbons (Fsp3) is 0.643. The number of amides is 1. The molecule has 1 saturated heterocycles. The highest BCUT2D eigenvalue weighted by Gasteiger charge is 2.33. The number of carbonyl (C=O) groups is 1. The van der Waals surface area contributed by atoms with Crippen LogP contribution in [0.5, 0.6) is 0 Å². The Hall–Kier alpha value is -1.40. The molecule has 1 fully saturated rings. The third-order valence-corrected chi connectivity index (χ3v) is 3.93. The molecule has 1 aromatic rings. The van der Waals surface area contributed by atoms with Crippen LogP contribution in [0, 0.1) is 5.92 Å². The summed E-state index contributed by atoms with van der Waals surface area (Å²) in [5.74, 6) is 1.14. The molecule has 116 valence electrons. The van der Waals surface area contributed by atoms with Gasteiger partial charge >= 0.3 is 0 Å². The van der Waals surface area contributed by atoms with Gasteiger partial charge in [-0.15, -0.1) is 0 Å². The maximum absolute atomic E-state index is 12.1. The van der Waals surface area contributed by atoms with Crippen LogP contribution in [0.3, 0.4) is 0 Å². The van der Waals surface area contributed by atoms with Crippen molar-refractivity contribution in [2.45, 2.75) is 33.1 Å². The molecular weight excluding hydrogens is 292 g/mol. The zero-order valence-corrected chi connectivity index (χ0v) is 13.2. The van der Waals surface area contributed by atoms with Gasteiger partial charge in [-0.25, -0.2) is 4.98 Å². The van der Waals surface area contributed by atoms with Crippen LogP contribution in [0.2, 0.25) is 5.15 Å². The highest BCUT2D eigenvalue weighted by molar-refractivity contribution is 6.31. The van der Waals surface area contributed by atoms with Crippen molar-refractivity contribution >= 4 is 29.3 Å². The van der Waals surface area contributed by atoms with E-state index in [0.29, 0.717) is 23.8 Å². The van der Waals surface area contributed by atoms with Gasteiger partial charge in [-0.3, -0.25) is 9.69 Å². The van der Waals surface area contributed by atoms with Gasteiger partial charge in [-0.1, -0.05) is 25.4 Å². The van der Waals surface area contributed by atoms with Crippen LogP contribution in [0.25, 0.3) is 0 Å². The molecule has 0 atom stereocenters. The highest BCUT2D eigenvalue weighted by atomic mass is 35.5. The van der Waals surface area contributed by atoms with Crippen molar-refractivity contribution in [1.29, 1.82) is 0 Å². The molecule has 0 radical (unpaired) electrons. The fourth-order valence-corrected chi connectivity index (χ4v) is 2.81. The van der Waals surface area contributed by atoms with Crippen molar-refractivity contribution in [3.8, 4) is 0 Å². The average molecular weight is 313 g/mol. The number of halogens is 1. The SMILES string of the molecule is CC.Nc1nc(Cl)c2c(n1)N(CC1CCOCC1)C(=O)C2. The average Bonchev–Trinajstić information content (AvgIpc) is 2.80. The number of fused-ring (bicyclic) bond motifs is 1. The maximum Gasteiger partial charge on any atom is 0.232 e. The second-order valence-corrected chi connectivity index (χ2v) is 5.27. The smallest absolute Gasteiger partial charge is 0.232 e. The summed E-state index contributed by atoms with van der Waals surface area (Å²) in [5.41, 5.74) is 6.30. The van der Waals surface area contributed by atoms with Crippen molar-refractivity contribution in [2.75, 3.05) is 30.4 Å². The molecule has 0 unspecified atom stereocenters. The zero-order chi connectivity index (χ0) is 15.4. The summed E-state index contributed by atoms with van der Waals surface area (Å²) in [5, 5.41) is 0.283. The zero-order valence-electron chi connectivity index (χ0n) is 12.4. The summed E-state index contributed by atoms with van der Waals surface area (Å²) in [6.45, 7) is 6.17. The van der Waals surface area contributed by atoms with Crippen molar-refractivity contribution in [1.82, 2.24) is 9.97 Å². The van der Waals surface area contributed by atoms with Gasteiger partial charge in [0.25, 0.3) is 0 Å². The van der Waals surface area contributed by atoms with Crippen LogP contribution in [0.4, 0.5) is 11.8 Å². The summed E-state index contributed by atoms with van der Waals surface area (Å²) >= 11 is 6.02. The predicted molar refractivity (Wildman–Crippen MR) is 82.4 cm³/mol. The van der Waals surface area contributed by atoms with Gasteiger partial charge < -0.3 is 10.5 Å². The molecule has 6 nitrogen and oxygen atoms in total. The van der Waals surface area contributed by atoms with Crippen LogP contribution in [-0.2, 0) is 16.0 Å². The molecule has 3 heterocycles. The second kappa shape index (κ2) is 7.04. The largest absolute Gasteiger partial charge is 0.381 e. The number of hydrogen-bond donors (Lipinski definition) is 1. The molecule has 21 heavy (non-hydrogen) atoms. The van der Waals surface area contributed by atoms with E-state index in [0.717, 1.165) is 26.1 Å². The van der Waals surface area contributed by atoms with Gasteiger partial charge in [0, 0.05) is 25.3 Å². The van der Waals surface area contributed by atoms with Gasteiger partial charge in [-0.05, 0) is 18.8 Å². The van der Waals surface area contributed by atoms with Gasteiger partial charge in [0.15, 0.2) is 0 Å². The molecule has 7 heteroatoms. The summed E-state index contributed by atoms with van der Waals surface area (Å²) in [6.07, 6.45) is 2.19. The summed E-state index contributed by atoms with van der Waals surface area (Å²) in [6, 6.07) is 0. The van der Waals surface area contributed by atoms with Crippen LogP contribution >= 0.6 is 11.6 Å². The van der Waals surface area contributed by atoms with Gasteiger partial charge in [0.1, 0.15) is 11.0 Å². The fourth-order valence-electron chi connectivity index (χ4n) is 2.58. The van der Waals surface area contributed by atoms with E-state index in [1.165, 1.54) is 0 Å². The first-order valence-corrected chi connectivity index (χ1v) is 7.73. The molecule has 2 N–H and O–H groups in total. The van der Waals surface area contributed by atoms with Gasteiger partial charge in [0.2, 0.25) is 11.9 Å². The third kappa shape index (κ3) is 3.44. The normalized spacial score (nSPS) is 18.2. The first kappa shape index (κ1) is 16.0. The third-order valence-electron chi connectivity index (χ3n) is 3.62. The summed E-state index contributed by atoms with van der Waals surface area (Å²) in [4.78, 5) is 21.8. The van der Waals surface area contributed by atoms with Crippen LogP contribution in [0.1, 0.15) is 32.3 Å². The number of nitrogens with two attached hydrogens (primary N) is 1. The molecule has 0 aliphatic carbocycles. The number of nitrogen functional groups attached to an aromatic ring is 1. The number of nitrogens with zero attached hydrogens (tertiary/aromatic N) is 3. The molecule has 0 saturated carbocycles. The van der Waals surface area contributed by atoms with Crippen molar-refractivity contribution in [2.24, 2.45) is 5.92 Å². The number of anilines is 2. The minimum Gasteiger partial charge on any atom is -0.381 e. The molecule has 1 aromatic heterocycles. The lowest BCUT2D eigenvalue weighted by Crippen LogP contribution is -2.35. The Labute approximate surface area is 129 Å². The number of ether oxygens (including phenoxy) is 1. The second-order valence-electron chi connectivity index (χ2n) is 4.91. The first-order chi connectivity index (χ1) is 10.1. The first-order valence-electron chi connectivity index (χ1n) is 7.35. The molecular formula is C14H21ClN4O2. The minimum atomic E-state index is 0.0169. The van der Waals surface area contributed by atoms with E-state index in [-0.39, 0.29) is 23.4 Å². The van der Waals surface area contributed by atoms with Crippen molar-refractivity contribution < 1.29 is 9.53 Å². The van der Waals surface area contributed by atoms with Crippen LogP contribution in [-0.4, -0.2) is 35.6 Å². The van der Waals surface area contributed by atoms with E-state index in [1.54, 1.807) is 4.90 Å². The summed E-state index contributed by atoms with van der Waals surface area (Å²) in [7, 11) is 0. The quantitative estimate of drug-likeness (QED) is 0.845. The Bertz CT molecular complexity index is 518. The van der Waals surface area contributed by atoms with E-state index in [2.05, 4.69) is 9.97 Å². The Morgan fingerprint density at radius 3 is 2.67 bits per heavy atom. The van der Waals surface area contributed by atoms with Gasteiger partial charge in [-0.2, -0.15) is 4.98 Å². The lowest BCUT2D eigenvalue weighted by atomic mass is 10.00. The van der Waals surface area contributed by atoms with Crippen molar-refractivity contribution in [3.05, 3.63) is 10.7 Å². The number of hydrogen-bond acceptors (Lipinski definition) is 5. The van der Waals surface area contributed by atoms with Crippen LogP contribution in [0.15, 0.2) is 0 Å². The Balaban J connectivity index is 0.000000774. The number of aromatic nitrogens is 2. The molecule has 3 rings (SSSR count). The monoisotopic (exact) mass is 312 g/mol. The highest BCUT2D eigenvalue weighted by Crippen LogP contribution is 2.33.